The Morgan fingerprint density at radius 1 is 1.32 bits per heavy atom. The molecule has 6 heteroatoms. The molecule has 2 N–H and O–H groups in total. The lowest BCUT2D eigenvalue weighted by molar-refractivity contribution is 0.102. The summed E-state index contributed by atoms with van der Waals surface area (Å²) in [5.74, 6) is 0.258. The van der Waals surface area contributed by atoms with E-state index in [1.165, 1.54) is 0 Å². The summed E-state index contributed by atoms with van der Waals surface area (Å²) in [6, 6.07) is 7.80. The maximum Gasteiger partial charge on any atom is 0.273 e. The number of carbonyl (C=O) groups is 1. The number of fused-ring (bicyclic) bond motifs is 2. The number of nitrogens with one attached hydrogen (secondary N) is 2. The van der Waals surface area contributed by atoms with E-state index >= 15 is 0 Å². The zero-order valence-corrected chi connectivity index (χ0v) is 11.9. The predicted octanol–water partition coefficient (Wildman–Crippen LogP) is 2.77. The Balaban J connectivity index is 1.66. The van der Waals surface area contributed by atoms with Gasteiger partial charge in [0.1, 0.15) is 11.5 Å². The largest absolute Gasteiger partial charge is 0.350 e. The third-order valence-corrected chi connectivity index (χ3v) is 3.63. The Labute approximate surface area is 125 Å². The molecule has 1 aromatic carbocycles. The molecular weight excluding hydrogens is 278 g/mol. The van der Waals surface area contributed by atoms with Gasteiger partial charge in [-0.1, -0.05) is 18.2 Å². The van der Waals surface area contributed by atoms with Crippen molar-refractivity contribution in [2.24, 2.45) is 0 Å². The number of aromatic amines is 1. The van der Waals surface area contributed by atoms with Crippen molar-refractivity contribution < 1.29 is 4.79 Å². The highest BCUT2D eigenvalue weighted by molar-refractivity contribution is 6.05. The number of amides is 1. The van der Waals surface area contributed by atoms with Crippen molar-refractivity contribution in [2.75, 3.05) is 5.32 Å². The van der Waals surface area contributed by atoms with Crippen LogP contribution in [0.15, 0.2) is 49.1 Å². The van der Waals surface area contributed by atoms with Crippen molar-refractivity contribution in [1.82, 2.24) is 19.4 Å². The van der Waals surface area contributed by atoms with Crippen LogP contribution in [-0.2, 0) is 0 Å². The fourth-order valence-electron chi connectivity index (χ4n) is 2.50. The van der Waals surface area contributed by atoms with Gasteiger partial charge in [0.05, 0.1) is 12.4 Å². The quantitative estimate of drug-likeness (QED) is 0.596. The third kappa shape index (κ3) is 2.01. The van der Waals surface area contributed by atoms with Gasteiger partial charge in [-0.3, -0.25) is 4.79 Å². The van der Waals surface area contributed by atoms with Crippen molar-refractivity contribution >= 4 is 28.3 Å². The smallest absolute Gasteiger partial charge is 0.273 e. The first-order valence-corrected chi connectivity index (χ1v) is 6.89. The first-order chi connectivity index (χ1) is 10.7. The van der Waals surface area contributed by atoms with Gasteiger partial charge in [0.15, 0.2) is 5.65 Å². The van der Waals surface area contributed by atoms with E-state index in [9.17, 15) is 4.79 Å². The van der Waals surface area contributed by atoms with E-state index in [1.807, 2.05) is 31.2 Å². The van der Waals surface area contributed by atoms with Crippen molar-refractivity contribution in [3.63, 3.8) is 0 Å². The van der Waals surface area contributed by atoms with Gasteiger partial charge in [0.25, 0.3) is 5.91 Å². The number of nitrogens with zero attached hydrogens (tertiary/aromatic N) is 3. The van der Waals surface area contributed by atoms with E-state index in [-0.39, 0.29) is 5.91 Å². The molecule has 0 radical (unpaired) electrons. The second-order valence-electron chi connectivity index (χ2n) is 5.14. The van der Waals surface area contributed by atoms with Crippen molar-refractivity contribution in [3.8, 4) is 0 Å². The minimum atomic E-state index is -0.220. The van der Waals surface area contributed by atoms with Gasteiger partial charge < -0.3 is 14.7 Å². The standard InChI is InChI=1S/C16H13N5O/c1-10-3-2-4-11-7-12(19-15(10)11)16(22)20-13-9-21-6-5-17-14(21)8-18-13/h2-9,19H,1H3,(H,20,22). The summed E-state index contributed by atoms with van der Waals surface area (Å²) in [7, 11) is 0. The van der Waals surface area contributed by atoms with Gasteiger partial charge in [-0.2, -0.15) is 0 Å². The van der Waals surface area contributed by atoms with Crippen molar-refractivity contribution in [3.05, 3.63) is 60.3 Å². The first kappa shape index (κ1) is 12.6. The number of hydrogen-bond donors (Lipinski definition) is 2. The normalized spacial score (nSPS) is 11.1. The summed E-state index contributed by atoms with van der Waals surface area (Å²) in [6.45, 7) is 2.01. The summed E-state index contributed by atoms with van der Waals surface area (Å²) in [6.07, 6.45) is 6.83. The van der Waals surface area contributed by atoms with Gasteiger partial charge in [0, 0.05) is 23.3 Å². The van der Waals surface area contributed by atoms with E-state index < -0.39 is 0 Å². The Kier molecular flexibility index (Phi) is 2.69. The summed E-state index contributed by atoms with van der Waals surface area (Å²) in [4.78, 5) is 23.8. The molecule has 108 valence electrons. The molecule has 3 aromatic heterocycles. The molecule has 6 nitrogen and oxygen atoms in total. The van der Waals surface area contributed by atoms with Crippen LogP contribution in [0.4, 0.5) is 5.82 Å². The maximum atomic E-state index is 12.4. The number of rotatable bonds is 2. The number of aryl methyl sites for hydroxylation is 1. The second kappa shape index (κ2) is 4.70. The molecule has 1 amide bonds. The second-order valence-corrected chi connectivity index (χ2v) is 5.14. The van der Waals surface area contributed by atoms with E-state index in [4.69, 9.17) is 0 Å². The minimum absolute atomic E-state index is 0.220. The van der Waals surface area contributed by atoms with Crippen LogP contribution in [0.2, 0.25) is 0 Å². The van der Waals surface area contributed by atoms with Gasteiger partial charge in [-0.25, -0.2) is 9.97 Å². The van der Waals surface area contributed by atoms with Crippen LogP contribution in [0.3, 0.4) is 0 Å². The molecule has 0 fully saturated rings. The molecule has 3 heterocycles. The lowest BCUT2D eigenvalue weighted by Crippen LogP contribution is -2.13. The molecule has 0 unspecified atom stereocenters. The molecule has 0 saturated carbocycles. The number of anilines is 1. The average molecular weight is 291 g/mol. The summed E-state index contributed by atoms with van der Waals surface area (Å²) < 4.78 is 1.80. The van der Waals surface area contributed by atoms with E-state index in [1.54, 1.807) is 29.2 Å². The van der Waals surface area contributed by atoms with Crippen LogP contribution >= 0.6 is 0 Å². The van der Waals surface area contributed by atoms with E-state index in [0.717, 1.165) is 22.1 Å². The zero-order chi connectivity index (χ0) is 15.1. The number of aromatic nitrogens is 4. The Bertz CT molecular complexity index is 998. The van der Waals surface area contributed by atoms with E-state index in [2.05, 4.69) is 20.3 Å². The maximum absolute atomic E-state index is 12.4. The minimum Gasteiger partial charge on any atom is -0.350 e. The molecule has 0 aliphatic rings. The van der Waals surface area contributed by atoms with Crippen molar-refractivity contribution in [2.45, 2.75) is 6.92 Å². The lowest BCUT2D eigenvalue weighted by atomic mass is 10.2. The highest BCUT2D eigenvalue weighted by Crippen LogP contribution is 2.19. The fraction of sp³-hybridized carbons (Fsp3) is 0.0625. The van der Waals surface area contributed by atoms with Gasteiger partial charge >= 0.3 is 0 Å². The van der Waals surface area contributed by atoms with Gasteiger partial charge in [0.2, 0.25) is 0 Å². The number of H-pyrrole nitrogens is 1. The summed E-state index contributed by atoms with van der Waals surface area (Å²) in [5.41, 5.74) is 3.33. The number of benzene rings is 1. The van der Waals surface area contributed by atoms with Crippen LogP contribution in [-0.4, -0.2) is 25.3 Å². The van der Waals surface area contributed by atoms with Gasteiger partial charge in [-0.15, -0.1) is 0 Å². The molecule has 0 saturated heterocycles. The molecule has 4 aromatic rings. The third-order valence-electron chi connectivity index (χ3n) is 3.63. The highest BCUT2D eigenvalue weighted by atomic mass is 16.1. The van der Waals surface area contributed by atoms with Crippen LogP contribution in [0, 0.1) is 6.92 Å². The van der Waals surface area contributed by atoms with Gasteiger partial charge in [-0.05, 0) is 18.6 Å². The molecular formula is C16H13N5O. The lowest BCUT2D eigenvalue weighted by Gasteiger charge is -2.03. The highest BCUT2D eigenvalue weighted by Gasteiger charge is 2.11. The molecule has 22 heavy (non-hydrogen) atoms. The van der Waals surface area contributed by atoms with Crippen LogP contribution in [0.25, 0.3) is 16.6 Å². The Morgan fingerprint density at radius 3 is 3.09 bits per heavy atom. The number of para-hydroxylation sites is 1. The van der Waals surface area contributed by atoms with Crippen LogP contribution in [0.5, 0.6) is 0 Å². The zero-order valence-electron chi connectivity index (χ0n) is 11.9. The monoisotopic (exact) mass is 291 g/mol. The Hall–Kier alpha value is -3.15. The topological polar surface area (TPSA) is 75.1 Å². The molecule has 0 bridgehead atoms. The molecule has 0 spiro atoms. The molecule has 0 aliphatic heterocycles. The number of carbonyl (C=O) groups excluding carboxylic acids is 1. The number of hydrogen-bond acceptors (Lipinski definition) is 3. The van der Waals surface area contributed by atoms with Crippen molar-refractivity contribution in [1.29, 1.82) is 0 Å². The number of imidazole rings is 1. The van der Waals surface area contributed by atoms with Crippen LogP contribution in [0.1, 0.15) is 16.1 Å². The molecule has 0 aliphatic carbocycles. The van der Waals surface area contributed by atoms with Crippen LogP contribution < -0.4 is 5.32 Å². The SMILES string of the molecule is Cc1cccc2cc(C(=O)Nc3cn4ccnc4cn3)[nH]c12. The predicted molar refractivity (Wildman–Crippen MR) is 84.0 cm³/mol. The Morgan fingerprint density at radius 2 is 2.23 bits per heavy atom. The fourth-order valence-corrected chi connectivity index (χ4v) is 2.50. The molecule has 4 rings (SSSR count). The first-order valence-electron chi connectivity index (χ1n) is 6.89. The average Bonchev–Trinajstić information content (AvgIpc) is 3.13. The van der Waals surface area contributed by atoms with E-state index in [0.29, 0.717) is 11.5 Å². The summed E-state index contributed by atoms with van der Waals surface area (Å²) in [5, 5.41) is 3.81. The summed E-state index contributed by atoms with van der Waals surface area (Å²) >= 11 is 0. The molecule has 0 atom stereocenters.